The minimum absolute atomic E-state index is 0.139. The molecule has 44 heavy (non-hydrogen) atoms. The summed E-state index contributed by atoms with van der Waals surface area (Å²) >= 11 is 0. The Kier molecular flexibility index (Phi) is 15.2. The van der Waals surface area contributed by atoms with Crippen LogP contribution in [-0.2, 0) is 57.1 Å². The number of esters is 4. The molecule has 4 fully saturated rings. The van der Waals surface area contributed by atoms with Crippen molar-refractivity contribution in [3.63, 3.8) is 0 Å². The van der Waals surface area contributed by atoms with Gasteiger partial charge in [-0.3, -0.25) is 19.2 Å². The second-order valence-electron chi connectivity index (χ2n) is 12.2. The van der Waals surface area contributed by atoms with Crippen molar-refractivity contribution in [2.75, 3.05) is 52.9 Å². The molecule has 4 heterocycles. The van der Waals surface area contributed by atoms with E-state index in [1.165, 1.54) is 0 Å². The van der Waals surface area contributed by atoms with E-state index in [9.17, 15) is 19.2 Å². The molecule has 6 unspecified atom stereocenters. The van der Waals surface area contributed by atoms with Crippen LogP contribution in [0.2, 0.25) is 0 Å². The third kappa shape index (κ3) is 15.6. The van der Waals surface area contributed by atoms with Crippen LogP contribution >= 0.6 is 0 Å². The molecule has 12 heteroatoms. The SMILES string of the molecule is O=C(CC(C(=O)OCCCCC1CO1)C(CC(=O)OCCCCC1CO1)C(=O)OCCCCC1CO1)OCCCCC1CO1. The highest BCUT2D eigenvalue weighted by atomic mass is 16.6. The van der Waals surface area contributed by atoms with Crippen LogP contribution in [0.1, 0.15) is 89.9 Å². The van der Waals surface area contributed by atoms with Gasteiger partial charge < -0.3 is 37.9 Å². The van der Waals surface area contributed by atoms with Gasteiger partial charge in [-0.05, 0) is 77.0 Å². The fourth-order valence-corrected chi connectivity index (χ4v) is 5.02. The number of ether oxygens (including phenoxy) is 8. The largest absolute Gasteiger partial charge is 0.466 e. The van der Waals surface area contributed by atoms with E-state index in [1.54, 1.807) is 0 Å². The average Bonchev–Trinajstić information content (AvgIpc) is 3.82. The first-order valence-electron chi connectivity index (χ1n) is 16.6. The van der Waals surface area contributed by atoms with Crippen LogP contribution in [-0.4, -0.2) is 101 Å². The molecule has 250 valence electrons. The van der Waals surface area contributed by atoms with Gasteiger partial charge in [0.15, 0.2) is 0 Å². The lowest BCUT2D eigenvalue weighted by atomic mass is 9.86. The Balaban J connectivity index is 1.30. The number of epoxide rings is 4. The van der Waals surface area contributed by atoms with Gasteiger partial charge in [0, 0.05) is 0 Å². The quantitative estimate of drug-likeness (QED) is 0.0567. The van der Waals surface area contributed by atoms with Crippen molar-refractivity contribution < 1.29 is 57.1 Å². The first-order chi connectivity index (χ1) is 21.5. The molecule has 4 saturated heterocycles. The molecule has 0 N–H and O–H groups in total. The van der Waals surface area contributed by atoms with Crippen molar-refractivity contribution in [3.05, 3.63) is 0 Å². The Morgan fingerprint density at radius 3 is 1.00 bits per heavy atom. The predicted molar refractivity (Wildman–Crippen MR) is 154 cm³/mol. The smallest absolute Gasteiger partial charge is 0.310 e. The van der Waals surface area contributed by atoms with Gasteiger partial charge >= 0.3 is 23.9 Å². The van der Waals surface area contributed by atoms with E-state index in [0.717, 1.165) is 77.8 Å². The normalized spacial score (nSPS) is 24.1. The lowest BCUT2D eigenvalue weighted by Gasteiger charge is -2.23. The van der Waals surface area contributed by atoms with Gasteiger partial charge in [-0.2, -0.15) is 0 Å². The highest BCUT2D eigenvalue weighted by molar-refractivity contribution is 5.88. The van der Waals surface area contributed by atoms with E-state index in [0.29, 0.717) is 37.9 Å². The van der Waals surface area contributed by atoms with Gasteiger partial charge in [-0.25, -0.2) is 0 Å². The Morgan fingerprint density at radius 1 is 0.455 bits per heavy atom. The molecule has 6 atom stereocenters. The van der Waals surface area contributed by atoms with E-state index >= 15 is 0 Å². The zero-order valence-electron chi connectivity index (χ0n) is 25.9. The number of hydrogen-bond acceptors (Lipinski definition) is 12. The summed E-state index contributed by atoms with van der Waals surface area (Å²) in [7, 11) is 0. The Labute approximate surface area is 260 Å². The maximum Gasteiger partial charge on any atom is 0.310 e. The van der Waals surface area contributed by atoms with Gasteiger partial charge in [0.2, 0.25) is 0 Å². The number of carbonyl (C=O) groups excluding carboxylic acids is 4. The molecule has 0 aromatic heterocycles. The maximum atomic E-state index is 13.3. The van der Waals surface area contributed by atoms with Crippen LogP contribution in [0.5, 0.6) is 0 Å². The fraction of sp³-hybridized carbons (Fsp3) is 0.875. The molecule has 4 aliphatic heterocycles. The van der Waals surface area contributed by atoms with Crippen LogP contribution in [0.25, 0.3) is 0 Å². The molecule has 4 rings (SSSR count). The summed E-state index contributed by atoms with van der Waals surface area (Å²) in [5.41, 5.74) is 0. The van der Waals surface area contributed by atoms with E-state index in [1.807, 2.05) is 0 Å². The molecule has 0 aromatic rings. The second-order valence-corrected chi connectivity index (χ2v) is 12.2. The monoisotopic (exact) mass is 626 g/mol. The molecule has 0 aliphatic carbocycles. The van der Waals surface area contributed by atoms with Gasteiger partial charge in [0.1, 0.15) is 0 Å². The zero-order valence-corrected chi connectivity index (χ0v) is 25.9. The highest BCUT2D eigenvalue weighted by Crippen LogP contribution is 2.26. The van der Waals surface area contributed by atoms with Crippen molar-refractivity contribution in [3.8, 4) is 0 Å². The van der Waals surface area contributed by atoms with Crippen molar-refractivity contribution in [1.82, 2.24) is 0 Å². The lowest BCUT2D eigenvalue weighted by molar-refractivity contribution is -0.167. The Bertz CT molecular complexity index is 822. The predicted octanol–water partition coefficient (Wildman–Crippen LogP) is 3.45. The van der Waals surface area contributed by atoms with Crippen molar-refractivity contribution in [2.45, 2.75) is 114 Å². The van der Waals surface area contributed by atoms with Crippen LogP contribution in [0.15, 0.2) is 0 Å². The topological polar surface area (TPSA) is 155 Å². The zero-order chi connectivity index (χ0) is 31.0. The summed E-state index contributed by atoms with van der Waals surface area (Å²) in [6, 6.07) is 0. The summed E-state index contributed by atoms with van der Waals surface area (Å²) in [6.07, 6.45) is 9.97. The summed E-state index contributed by atoms with van der Waals surface area (Å²) in [5.74, 6) is -5.17. The molecule has 0 aromatic carbocycles. The van der Waals surface area contributed by atoms with Crippen LogP contribution in [0.3, 0.4) is 0 Å². The first-order valence-corrected chi connectivity index (χ1v) is 16.6. The second kappa shape index (κ2) is 19.3. The average molecular weight is 627 g/mol. The van der Waals surface area contributed by atoms with Crippen LogP contribution in [0, 0.1) is 11.8 Å². The van der Waals surface area contributed by atoms with Crippen molar-refractivity contribution in [1.29, 1.82) is 0 Å². The molecule has 0 radical (unpaired) electrons. The Hall–Kier alpha value is -2.28. The third-order valence-electron chi connectivity index (χ3n) is 8.17. The molecule has 0 bridgehead atoms. The number of unbranched alkanes of at least 4 members (excludes halogenated alkanes) is 4. The fourth-order valence-electron chi connectivity index (χ4n) is 5.02. The van der Waals surface area contributed by atoms with E-state index in [-0.39, 0.29) is 38.6 Å². The van der Waals surface area contributed by atoms with E-state index in [4.69, 9.17) is 37.9 Å². The number of hydrogen-bond donors (Lipinski definition) is 0. The minimum Gasteiger partial charge on any atom is -0.466 e. The van der Waals surface area contributed by atoms with E-state index < -0.39 is 48.6 Å². The summed E-state index contributed by atoms with van der Waals surface area (Å²) < 4.78 is 42.7. The number of carbonyl (C=O) groups is 4. The molecule has 0 spiro atoms. The molecular weight excluding hydrogens is 576 g/mol. The molecular formula is C32H50O12. The Morgan fingerprint density at radius 2 is 0.727 bits per heavy atom. The maximum absolute atomic E-state index is 13.3. The van der Waals surface area contributed by atoms with Crippen LogP contribution in [0.4, 0.5) is 0 Å². The summed E-state index contributed by atoms with van der Waals surface area (Å²) in [4.78, 5) is 52.4. The van der Waals surface area contributed by atoms with Crippen molar-refractivity contribution in [2.24, 2.45) is 11.8 Å². The lowest BCUT2D eigenvalue weighted by Crippen LogP contribution is -2.36. The van der Waals surface area contributed by atoms with Gasteiger partial charge in [0.05, 0.1) is 102 Å². The molecule has 4 aliphatic rings. The van der Waals surface area contributed by atoms with E-state index in [2.05, 4.69) is 0 Å². The molecule has 12 nitrogen and oxygen atoms in total. The highest BCUT2D eigenvalue weighted by Gasteiger charge is 2.40. The van der Waals surface area contributed by atoms with Gasteiger partial charge in [-0.1, -0.05) is 0 Å². The summed E-state index contributed by atoms with van der Waals surface area (Å²) in [6.45, 7) is 3.77. The molecule has 0 amide bonds. The summed E-state index contributed by atoms with van der Waals surface area (Å²) in [5, 5.41) is 0. The molecule has 0 saturated carbocycles. The first kappa shape index (κ1) is 34.6. The van der Waals surface area contributed by atoms with Crippen LogP contribution < -0.4 is 0 Å². The van der Waals surface area contributed by atoms with Gasteiger partial charge in [0.25, 0.3) is 0 Å². The third-order valence-corrected chi connectivity index (χ3v) is 8.17. The number of rotatable bonds is 27. The minimum atomic E-state index is -1.24. The standard InChI is InChI=1S/C32H50O12/c33-29(37-13-5-1-9-23-19-41-23)17-27(31(35)39-15-7-3-11-25-21-43-25)28(32(36)40-16-8-4-12-26-22-44-26)18-30(34)38-14-6-2-10-24-20-42-24/h23-28H,1-22H2. The van der Waals surface area contributed by atoms with Gasteiger partial charge in [-0.15, -0.1) is 0 Å². The van der Waals surface area contributed by atoms with Crippen molar-refractivity contribution >= 4 is 23.9 Å².